The molecular formula is C16H25N3OS2. The number of rotatable bonds is 4. The van der Waals surface area contributed by atoms with Crippen LogP contribution in [0.4, 0.5) is 5.13 Å². The van der Waals surface area contributed by atoms with Gasteiger partial charge in [-0.2, -0.15) is 0 Å². The summed E-state index contributed by atoms with van der Waals surface area (Å²) in [6.07, 6.45) is 1.74. The van der Waals surface area contributed by atoms with E-state index in [0.717, 1.165) is 10.4 Å². The van der Waals surface area contributed by atoms with Crippen LogP contribution in [-0.2, 0) is 11.0 Å². The Morgan fingerprint density at radius 3 is 2.27 bits per heavy atom. The second kappa shape index (κ2) is 8.41. The third-order valence-corrected chi connectivity index (χ3v) is 5.19. The standard InChI is InChI=1S/C14H19N3OS2.C2H6/c1-14(2,3)20(18)17-12(10-7-5-4-6-8-10)11-9-16-13(15)19-11;1-2/h4-9,12,17H,1-3H3,(H2,15,16);1-2H3/t12-,20+;/m1./s1. The molecule has 6 heteroatoms. The second-order valence-electron chi connectivity index (χ2n) is 5.44. The van der Waals surface area contributed by atoms with Crippen LogP contribution in [0, 0.1) is 0 Å². The Bertz CT molecular complexity index is 591. The molecule has 0 aliphatic heterocycles. The van der Waals surface area contributed by atoms with Gasteiger partial charge in [0.25, 0.3) is 0 Å². The predicted molar refractivity (Wildman–Crippen MR) is 97.2 cm³/mol. The number of aromatic nitrogens is 1. The summed E-state index contributed by atoms with van der Waals surface area (Å²) in [5, 5.41) is 0.518. The average molecular weight is 340 g/mol. The first kappa shape index (κ1) is 18.8. The lowest BCUT2D eigenvalue weighted by Gasteiger charge is -2.23. The summed E-state index contributed by atoms with van der Waals surface area (Å²) >= 11 is 1.41. The van der Waals surface area contributed by atoms with Crippen molar-refractivity contribution in [3.63, 3.8) is 0 Å². The number of nitrogens with one attached hydrogen (secondary N) is 1. The van der Waals surface area contributed by atoms with Crippen LogP contribution in [0.15, 0.2) is 36.5 Å². The average Bonchev–Trinajstić information content (AvgIpc) is 2.92. The number of thiazole rings is 1. The quantitative estimate of drug-likeness (QED) is 0.888. The van der Waals surface area contributed by atoms with E-state index < -0.39 is 11.0 Å². The van der Waals surface area contributed by atoms with E-state index in [-0.39, 0.29) is 10.8 Å². The van der Waals surface area contributed by atoms with Gasteiger partial charge in [0.1, 0.15) is 0 Å². The molecule has 0 amide bonds. The van der Waals surface area contributed by atoms with E-state index in [0.29, 0.717) is 5.13 Å². The van der Waals surface area contributed by atoms with Crippen molar-refractivity contribution >= 4 is 27.5 Å². The molecule has 0 saturated carbocycles. The zero-order valence-corrected chi connectivity index (χ0v) is 15.4. The highest BCUT2D eigenvalue weighted by Gasteiger charge is 2.25. The first-order valence-electron chi connectivity index (χ1n) is 7.32. The van der Waals surface area contributed by atoms with Gasteiger partial charge in [-0.3, -0.25) is 0 Å². The summed E-state index contributed by atoms with van der Waals surface area (Å²) in [6.45, 7) is 9.83. The molecule has 0 aliphatic carbocycles. The lowest BCUT2D eigenvalue weighted by atomic mass is 10.1. The zero-order valence-electron chi connectivity index (χ0n) is 13.8. The SMILES string of the molecule is CC.CC(C)(C)[S@](=O)N[C@H](c1ccccc1)c1cnc(N)s1. The number of benzene rings is 1. The molecule has 0 fully saturated rings. The minimum absolute atomic E-state index is 0.161. The Labute approximate surface area is 139 Å². The van der Waals surface area contributed by atoms with Gasteiger partial charge in [0.05, 0.1) is 21.8 Å². The summed E-state index contributed by atoms with van der Waals surface area (Å²) in [4.78, 5) is 5.05. The monoisotopic (exact) mass is 339 g/mol. The summed E-state index contributed by atoms with van der Waals surface area (Å²) in [5.74, 6) is 0. The fourth-order valence-electron chi connectivity index (χ4n) is 1.65. The molecule has 0 spiro atoms. The van der Waals surface area contributed by atoms with Crippen LogP contribution < -0.4 is 10.5 Å². The van der Waals surface area contributed by atoms with Gasteiger partial charge in [0, 0.05) is 11.1 Å². The van der Waals surface area contributed by atoms with Crippen molar-refractivity contribution in [3.05, 3.63) is 47.0 Å². The van der Waals surface area contributed by atoms with Gasteiger partial charge in [-0.05, 0) is 26.3 Å². The van der Waals surface area contributed by atoms with Crippen molar-refractivity contribution in [2.45, 2.75) is 45.4 Å². The maximum absolute atomic E-state index is 12.4. The molecule has 1 aromatic carbocycles. The number of nitrogens with zero attached hydrogens (tertiary/aromatic N) is 1. The van der Waals surface area contributed by atoms with Crippen molar-refractivity contribution in [2.24, 2.45) is 0 Å². The van der Waals surface area contributed by atoms with E-state index in [1.807, 2.05) is 65.0 Å². The van der Waals surface area contributed by atoms with E-state index >= 15 is 0 Å². The summed E-state index contributed by atoms with van der Waals surface area (Å²) in [6, 6.07) is 9.75. The van der Waals surface area contributed by atoms with E-state index in [1.165, 1.54) is 11.3 Å². The number of nitrogens with two attached hydrogens (primary N) is 1. The third kappa shape index (κ3) is 5.19. The van der Waals surface area contributed by atoms with Gasteiger partial charge in [0.15, 0.2) is 5.13 Å². The Morgan fingerprint density at radius 2 is 1.82 bits per heavy atom. The van der Waals surface area contributed by atoms with Crippen LogP contribution in [0.2, 0.25) is 0 Å². The Balaban J connectivity index is 0.00000116. The van der Waals surface area contributed by atoms with E-state index in [1.54, 1.807) is 6.20 Å². The Morgan fingerprint density at radius 1 is 1.23 bits per heavy atom. The largest absolute Gasteiger partial charge is 0.375 e. The molecule has 0 unspecified atom stereocenters. The molecule has 0 radical (unpaired) electrons. The van der Waals surface area contributed by atoms with Crippen molar-refractivity contribution in [3.8, 4) is 0 Å². The highest BCUT2D eigenvalue weighted by molar-refractivity contribution is 7.84. The Hall–Kier alpha value is -1.24. The summed E-state index contributed by atoms with van der Waals surface area (Å²) in [5.41, 5.74) is 6.76. The van der Waals surface area contributed by atoms with Crippen LogP contribution >= 0.6 is 11.3 Å². The van der Waals surface area contributed by atoms with Crippen LogP contribution in [0.1, 0.15) is 51.1 Å². The molecule has 0 bridgehead atoms. The van der Waals surface area contributed by atoms with Crippen molar-refractivity contribution in [1.29, 1.82) is 0 Å². The molecule has 2 atom stereocenters. The van der Waals surface area contributed by atoms with Gasteiger partial charge >= 0.3 is 0 Å². The number of nitrogen functional groups attached to an aromatic ring is 1. The van der Waals surface area contributed by atoms with Crippen LogP contribution in [0.5, 0.6) is 0 Å². The molecule has 1 heterocycles. The highest BCUT2D eigenvalue weighted by Crippen LogP contribution is 2.29. The zero-order chi connectivity index (χ0) is 16.8. The molecule has 3 N–H and O–H groups in total. The van der Waals surface area contributed by atoms with Gasteiger partial charge in [0.2, 0.25) is 0 Å². The van der Waals surface area contributed by atoms with Crippen molar-refractivity contribution < 1.29 is 4.21 Å². The smallest absolute Gasteiger partial charge is 0.180 e. The summed E-state index contributed by atoms with van der Waals surface area (Å²) in [7, 11) is -1.17. The number of anilines is 1. The van der Waals surface area contributed by atoms with Crippen molar-refractivity contribution in [2.75, 3.05) is 5.73 Å². The predicted octanol–water partition coefficient (Wildman–Crippen LogP) is 3.89. The lowest BCUT2D eigenvalue weighted by molar-refractivity contribution is 0.625. The van der Waals surface area contributed by atoms with Crippen LogP contribution in [0.25, 0.3) is 0 Å². The molecule has 0 aliphatic rings. The molecule has 2 aromatic rings. The fraction of sp³-hybridized carbons (Fsp3) is 0.438. The molecular weight excluding hydrogens is 314 g/mol. The van der Waals surface area contributed by atoms with E-state index in [9.17, 15) is 4.21 Å². The van der Waals surface area contributed by atoms with Crippen molar-refractivity contribution in [1.82, 2.24) is 9.71 Å². The number of hydrogen-bond acceptors (Lipinski definition) is 4. The minimum Gasteiger partial charge on any atom is -0.375 e. The molecule has 122 valence electrons. The molecule has 0 saturated heterocycles. The minimum atomic E-state index is -1.17. The van der Waals surface area contributed by atoms with Gasteiger partial charge < -0.3 is 5.73 Å². The van der Waals surface area contributed by atoms with Gasteiger partial charge in [-0.1, -0.05) is 44.2 Å². The van der Waals surface area contributed by atoms with E-state index in [4.69, 9.17) is 5.73 Å². The Kier molecular flexibility index (Phi) is 7.19. The molecule has 4 nitrogen and oxygen atoms in total. The van der Waals surface area contributed by atoms with Gasteiger partial charge in [-0.15, -0.1) is 11.3 Å². The van der Waals surface area contributed by atoms with Crippen LogP contribution in [-0.4, -0.2) is 13.9 Å². The first-order chi connectivity index (χ1) is 10.4. The van der Waals surface area contributed by atoms with Crippen LogP contribution in [0.3, 0.4) is 0 Å². The molecule has 2 rings (SSSR count). The summed E-state index contributed by atoms with van der Waals surface area (Å²) < 4.78 is 15.2. The maximum Gasteiger partial charge on any atom is 0.180 e. The maximum atomic E-state index is 12.4. The van der Waals surface area contributed by atoms with Gasteiger partial charge in [-0.25, -0.2) is 13.9 Å². The first-order valence-corrected chi connectivity index (χ1v) is 9.29. The third-order valence-electron chi connectivity index (χ3n) is 2.74. The molecule has 1 aromatic heterocycles. The fourth-order valence-corrected chi connectivity index (χ4v) is 3.32. The highest BCUT2D eigenvalue weighted by atomic mass is 32.2. The topological polar surface area (TPSA) is 68.0 Å². The van der Waals surface area contributed by atoms with E-state index in [2.05, 4.69) is 9.71 Å². The lowest BCUT2D eigenvalue weighted by Crippen LogP contribution is -2.35. The normalized spacial score (nSPS) is 13.9. The second-order valence-corrected chi connectivity index (χ2v) is 8.54. The number of hydrogen-bond donors (Lipinski definition) is 2. The molecule has 22 heavy (non-hydrogen) atoms.